The zero-order chi connectivity index (χ0) is 24.2. The maximum atomic E-state index is 14.4. The van der Waals surface area contributed by atoms with E-state index in [0.717, 1.165) is 37.5 Å². The molecule has 34 heavy (non-hydrogen) atoms. The number of benzene rings is 1. The number of aromatic nitrogens is 1. The van der Waals surface area contributed by atoms with E-state index in [1.165, 1.54) is 12.1 Å². The highest BCUT2D eigenvalue weighted by Gasteiger charge is 2.31. The predicted octanol–water partition coefficient (Wildman–Crippen LogP) is 4.28. The number of rotatable bonds is 6. The van der Waals surface area contributed by atoms with Crippen molar-refractivity contribution in [1.82, 2.24) is 10.3 Å². The van der Waals surface area contributed by atoms with Crippen LogP contribution >= 0.6 is 0 Å². The van der Waals surface area contributed by atoms with Gasteiger partial charge in [-0.2, -0.15) is 0 Å². The molecule has 1 aliphatic heterocycles. The number of carbonyl (C=O) groups excluding carboxylic acids is 1. The molecule has 1 aromatic carbocycles. The minimum Gasteiger partial charge on any atom is -0.393 e. The first-order valence-corrected chi connectivity index (χ1v) is 11.4. The third-order valence-corrected chi connectivity index (χ3v) is 6.46. The number of carbonyl (C=O) groups is 1. The average Bonchev–Trinajstić information content (AvgIpc) is 3.29. The molecule has 9 nitrogen and oxygen atoms in total. The maximum absolute atomic E-state index is 14.4. The first-order valence-electron chi connectivity index (χ1n) is 11.4. The molecule has 1 saturated carbocycles. The summed E-state index contributed by atoms with van der Waals surface area (Å²) < 4.78 is 28.2. The number of halogens is 2. The summed E-state index contributed by atoms with van der Waals surface area (Å²) >= 11 is 0. The maximum Gasteiger partial charge on any atom is 0.320 e. The average molecular weight is 475 g/mol. The van der Waals surface area contributed by atoms with Crippen LogP contribution in [0.25, 0.3) is 0 Å². The van der Waals surface area contributed by atoms with E-state index in [2.05, 4.69) is 15.6 Å². The van der Waals surface area contributed by atoms with Gasteiger partial charge in [0.25, 0.3) is 0 Å². The van der Waals surface area contributed by atoms with Crippen LogP contribution in [-0.4, -0.2) is 40.2 Å². The summed E-state index contributed by atoms with van der Waals surface area (Å²) in [6.07, 6.45) is 4.01. The van der Waals surface area contributed by atoms with Gasteiger partial charge < -0.3 is 15.3 Å². The Morgan fingerprint density at radius 3 is 2.79 bits per heavy atom. The van der Waals surface area contributed by atoms with Gasteiger partial charge in [0.15, 0.2) is 0 Å². The number of nitrogens with one attached hydrogen (secondary N) is 2. The molecule has 0 bridgehead atoms. The molecule has 3 atom stereocenters. The molecule has 11 heteroatoms. The van der Waals surface area contributed by atoms with E-state index in [1.54, 1.807) is 4.90 Å². The Morgan fingerprint density at radius 2 is 2.03 bits per heavy atom. The molecule has 2 heterocycles. The van der Waals surface area contributed by atoms with Gasteiger partial charge in [0.2, 0.25) is 5.82 Å². The van der Waals surface area contributed by atoms with E-state index in [-0.39, 0.29) is 29.1 Å². The Hall–Kier alpha value is -3.34. The highest BCUT2D eigenvalue weighted by Crippen LogP contribution is 2.38. The summed E-state index contributed by atoms with van der Waals surface area (Å²) in [4.78, 5) is 29.4. The van der Waals surface area contributed by atoms with Crippen LogP contribution in [0.3, 0.4) is 0 Å². The molecular weight excluding hydrogens is 448 g/mol. The second kappa shape index (κ2) is 10.3. The number of aliphatic hydroxyl groups is 1. The van der Waals surface area contributed by atoms with Gasteiger partial charge in [-0.3, -0.25) is 15.4 Å². The first-order chi connectivity index (χ1) is 16.3. The Morgan fingerprint density at radius 1 is 1.21 bits per heavy atom. The first kappa shape index (κ1) is 23.8. The fourth-order valence-electron chi connectivity index (χ4n) is 4.81. The van der Waals surface area contributed by atoms with Crippen LogP contribution in [0.2, 0.25) is 0 Å². The van der Waals surface area contributed by atoms with Crippen molar-refractivity contribution >= 4 is 23.4 Å². The smallest absolute Gasteiger partial charge is 0.320 e. The molecule has 2 aliphatic rings. The molecule has 3 N–H and O–H groups in total. The Kier molecular flexibility index (Phi) is 7.20. The number of nitro groups is 1. The van der Waals surface area contributed by atoms with Crippen molar-refractivity contribution in [3.8, 4) is 0 Å². The lowest BCUT2D eigenvalue weighted by Gasteiger charge is -2.27. The standard InChI is InChI=1S/C23H27F2N5O4/c24-15-6-7-18(25)17(12-15)19-5-2-10-29(19)21-9-8-20(30(33)34)22(27-21)28-23(32)26-13-14-3-1-4-16(31)11-14/h6-9,12,14,16,19,31H,1-5,10-11,13H2,(H2,26,27,28,32). The van der Waals surface area contributed by atoms with Gasteiger partial charge in [-0.05, 0) is 62.3 Å². The molecule has 1 aliphatic carbocycles. The predicted molar refractivity (Wildman–Crippen MR) is 122 cm³/mol. The van der Waals surface area contributed by atoms with E-state index in [9.17, 15) is 28.8 Å². The lowest BCUT2D eigenvalue weighted by atomic mass is 9.87. The Balaban J connectivity index is 1.51. The summed E-state index contributed by atoms with van der Waals surface area (Å²) in [6.45, 7) is 0.838. The molecule has 2 amide bonds. The van der Waals surface area contributed by atoms with Crippen molar-refractivity contribution in [2.45, 2.75) is 50.7 Å². The normalized spacial score (nSPS) is 22.4. The molecule has 182 valence electrons. The molecule has 0 spiro atoms. The van der Waals surface area contributed by atoms with Crippen LogP contribution < -0.4 is 15.5 Å². The van der Waals surface area contributed by atoms with Crippen molar-refractivity contribution in [2.75, 3.05) is 23.3 Å². The largest absolute Gasteiger partial charge is 0.393 e. The van der Waals surface area contributed by atoms with Crippen molar-refractivity contribution < 1.29 is 23.6 Å². The summed E-state index contributed by atoms with van der Waals surface area (Å²) in [7, 11) is 0. The van der Waals surface area contributed by atoms with E-state index < -0.39 is 28.6 Å². The van der Waals surface area contributed by atoms with E-state index >= 15 is 0 Å². The topological polar surface area (TPSA) is 121 Å². The van der Waals surface area contributed by atoms with Crippen molar-refractivity contribution in [3.05, 3.63) is 57.6 Å². The Bertz CT molecular complexity index is 1070. The molecule has 4 rings (SSSR count). The molecule has 3 unspecified atom stereocenters. The van der Waals surface area contributed by atoms with Crippen molar-refractivity contribution in [2.24, 2.45) is 5.92 Å². The monoisotopic (exact) mass is 475 g/mol. The van der Waals surface area contributed by atoms with Gasteiger partial charge in [-0.15, -0.1) is 0 Å². The van der Waals surface area contributed by atoms with E-state index in [1.807, 2.05) is 0 Å². The van der Waals surface area contributed by atoms with Gasteiger partial charge in [0.1, 0.15) is 17.5 Å². The van der Waals surface area contributed by atoms with E-state index in [4.69, 9.17) is 0 Å². The van der Waals surface area contributed by atoms with Crippen LogP contribution in [0.5, 0.6) is 0 Å². The van der Waals surface area contributed by atoms with Crippen molar-refractivity contribution in [1.29, 1.82) is 0 Å². The van der Waals surface area contributed by atoms with Gasteiger partial charge >= 0.3 is 11.7 Å². The third-order valence-electron chi connectivity index (χ3n) is 6.46. The van der Waals surface area contributed by atoms with Gasteiger partial charge in [0, 0.05) is 24.7 Å². The second-order valence-electron chi connectivity index (χ2n) is 8.83. The third kappa shape index (κ3) is 5.41. The highest BCUT2D eigenvalue weighted by atomic mass is 19.1. The molecule has 2 fully saturated rings. The van der Waals surface area contributed by atoms with Gasteiger partial charge in [-0.25, -0.2) is 18.6 Å². The summed E-state index contributed by atoms with van der Waals surface area (Å²) in [5, 5.41) is 26.4. The number of anilines is 2. The number of hydrogen-bond acceptors (Lipinski definition) is 6. The Labute approximate surface area is 195 Å². The summed E-state index contributed by atoms with van der Waals surface area (Å²) in [5.74, 6) is -0.859. The molecule has 0 radical (unpaired) electrons. The minimum atomic E-state index is -0.641. The zero-order valence-corrected chi connectivity index (χ0v) is 18.5. The summed E-state index contributed by atoms with van der Waals surface area (Å²) in [6, 6.07) is 4.85. The molecule has 2 aromatic rings. The number of nitrogens with zero attached hydrogens (tertiary/aromatic N) is 3. The summed E-state index contributed by atoms with van der Waals surface area (Å²) in [5.41, 5.74) is -0.181. The van der Waals surface area contributed by atoms with Crippen LogP contribution in [0.4, 0.5) is 30.9 Å². The fourth-order valence-corrected chi connectivity index (χ4v) is 4.81. The SMILES string of the molecule is O=C(NCC1CCCC(O)C1)Nc1nc(N2CCCC2c2cc(F)ccc2F)ccc1[N+](=O)[O-]. The highest BCUT2D eigenvalue weighted by molar-refractivity contribution is 5.90. The molecule has 1 aromatic heterocycles. The second-order valence-corrected chi connectivity index (χ2v) is 8.83. The number of aliphatic hydroxyl groups excluding tert-OH is 1. The lowest BCUT2D eigenvalue weighted by Crippen LogP contribution is -2.36. The van der Waals surface area contributed by atoms with Crippen LogP contribution in [-0.2, 0) is 0 Å². The lowest BCUT2D eigenvalue weighted by molar-refractivity contribution is -0.384. The van der Waals surface area contributed by atoms with E-state index in [0.29, 0.717) is 38.2 Å². The fraction of sp³-hybridized carbons (Fsp3) is 0.478. The number of urea groups is 1. The number of hydrogen-bond donors (Lipinski definition) is 3. The van der Waals surface area contributed by atoms with Crippen LogP contribution in [0.1, 0.15) is 50.1 Å². The zero-order valence-electron chi connectivity index (χ0n) is 18.5. The number of pyridine rings is 1. The number of amides is 2. The molecule has 1 saturated heterocycles. The minimum absolute atomic E-state index is 0.135. The van der Waals surface area contributed by atoms with Crippen LogP contribution in [0, 0.1) is 27.7 Å². The quantitative estimate of drug-likeness (QED) is 0.424. The van der Waals surface area contributed by atoms with Crippen LogP contribution in [0.15, 0.2) is 30.3 Å². The molecular formula is C23H27F2N5O4. The van der Waals surface area contributed by atoms with Crippen molar-refractivity contribution in [3.63, 3.8) is 0 Å². The van der Waals surface area contributed by atoms with Gasteiger partial charge in [0.05, 0.1) is 17.1 Å². The van der Waals surface area contributed by atoms with Gasteiger partial charge in [-0.1, -0.05) is 6.42 Å².